The van der Waals surface area contributed by atoms with Crippen molar-refractivity contribution in [1.29, 1.82) is 0 Å². The van der Waals surface area contributed by atoms with Crippen LogP contribution in [0.5, 0.6) is 11.8 Å². The zero-order valence-electron chi connectivity index (χ0n) is 51.4. The Morgan fingerprint density at radius 2 is 0.942 bits per heavy atom. The van der Waals surface area contributed by atoms with Crippen LogP contribution in [0.25, 0.3) is 34.0 Å². The lowest BCUT2D eigenvalue weighted by Gasteiger charge is -2.32. The molecule has 0 spiro atoms. The van der Waals surface area contributed by atoms with E-state index in [0.717, 1.165) is 32.5 Å². The van der Waals surface area contributed by atoms with E-state index < -0.39 is 40.1 Å². The maximum Gasteiger partial charge on any atom is 0.496 e. The molecular formula is C56H76BClF6N10O10Si2. The molecule has 0 amide bonds. The van der Waals surface area contributed by atoms with E-state index in [4.69, 9.17) is 59.0 Å². The summed E-state index contributed by atoms with van der Waals surface area (Å²) >= 11 is 5.68. The largest absolute Gasteiger partial charge is 0.496 e. The summed E-state index contributed by atoms with van der Waals surface area (Å²) in [5, 5.41) is 8.18. The van der Waals surface area contributed by atoms with Gasteiger partial charge in [-0.2, -0.15) is 45.5 Å². The predicted molar refractivity (Wildman–Crippen MR) is 313 cm³/mol. The zero-order chi connectivity index (χ0) is 65.1. The van der Waals surface area contributed by atoms with Gasteiger partial charge >= 0.3 is 31.8 Å². The fourth-order valence-corrected chi connectivity index (χ4v) is 8.21. The van der Waals surface area contributed by atoms with Crippen LogP contribution in [0.2, 0.25) is 56.5 Å². The van der Waals surface area contributed by atoms with Gasteiger partial charge in [0.2, 0.25) is 23.4 Å². The van der Waals surface area contributed by atoms with Crippen molar-refractivity contribution in [2.75, 3.05) is 26.4 Å². The van der Waals surface area contributed by atoms with E-state index in [1.165, 1.54) is 24.5 Å². The summed E-state index contributed by atoms with van der Waals surface area (Å²) in [5.74, 6) is -1.18. The summed E-state index contributed by atoms with van der Waals surface area (Å²) in [5.41, 5.74) is 2.48. The van der Waals surface area contributed by atoms with Gasteiger partial charge in [-0.3, -0.25) is 4.98 Å². The molecule has 0 atom stereocenters. The highest BCUT2D eigenvalue weighted by atomic mass is 35.5. The molecule has 1 aliphatic heterocycles. The van der Waals surface area contributed by atoms with Gasteiger partial charge < -0.3 is 28.3 Å². The second-order valence-electron chi connectivity index (χ2n) is 25.3. The third-order valence-electron chi connectivity index (χ3n) is 11.9. The quantitative estimate of drug-likeness (QED) is 0.0336. The van der Waals surface area contributed by atoms with Crippen LogP contribution < -0.4 is 14.9 Å². The summed E-state index contributed by atoms with van der Waals surface area (Å²) in [6.07, 6.45) is -2.58. The number of alkyl halides is 6. The number of ether oxygens (including phenoxy) is 4. The number of hydrogen-bond donors (Lipinski definition) is 0. The van der Waals surface area contributed by atoms with Gasteiger partial charge in [-0.05, 0) is 87.0 Å². The van der Waals surface area contributed by atoms with Gasteiger partial charge in [0, 0.05) is 82.4 Å². The zero-order valence-corrected chi connectivity index (χ0v) is 54.1. The van der Waals surface area contributed by atoms with Crippen LogP contribution in [-0.2, 0) is 63.8 Å². The first-order chi connectivity index (χ1) is 39.6. The van der Waals surface area contributed by atoms with Crippen LogP contribution >= 0.6 is 11.6 Å². The predicted octanol–water partition coefficient (Wildman–Crippen LogP) is 12.1. The Balaban J connectivity index is 0.000000333. The summed E-state index contributed by atoms with van der Waals surface area (Å²) in [4.78, 5) is 56.6. The Morgan fingerprint density at radius 3 is 1.27 bits per heavy atom. The summed E-state index contributed by atoms with van der Waals surface area (Å²) in [7, 11) is -3.04. The molecule has 7 heterocycles. The Labute approximate surface area is 504 Å². The lowest BCUT2D eigenvalue weighted by atomic mass is 9.80. The van der Waals surface area contributed by atoms with E-state index in [1.54, 1.807) is 30.6 Å². The highest BCUT2D eigenvalue weighted by Crippen LogP contribution is 2.37. The number of hydrogen-bond acceptors (Lipinski definition) is 18. The molecule has 0 unspecified atom stereocenters. The average Bonchev–Trinajstić information content (AvgIpc) is 2.44. The van der Waals surface area contributed by atoms with Crippen LogP contribution in [0.4, 0.5) is 26.3 Å². The van der Waals surface area contributed by atoms with Crippen molar-refractivity contribution in [2.45, 2.75) is 158 Å². The number of pyridine rings is 4. The lowest BCUT2D eigenvalue weighted by Crippen LogP contribution is -2.41. The first kappa shape index (κ1) is 73.7. The molecule has 7 rings (SSSR count). The van der Waals surface area contributed by atoms with Crippen LogP contribution in [-0.4, -0.2) is 123 Å². The minimum atomic E-state index is -4.65. The second-order valence-corrected chi connectivity index (χ2v) is 36.9. The van der Waals surface area contributed by atoms with Crippen LogP contribution in [0.15, 0.2) is 73.3 Å². The van der Waals surface area contributed by atoms with Gasteiger partial charge in [0.05, 0.1) is 30.1 Å². The van der Waals surface area contributed by atoms with Crippen molar-refractivity contribution >= 4 is 52.6 Å². The Morgan fingerprint density at radius 1 is 0.558 bits per heavy atom. The molecule has 0 radical (unpaired) electrons. The standard InChI is InChI=1S/C24H32F3N5O2Si.C16H26BNO3.C14H18ClF3N4OSi.2CO2/c1-23(2,3)15-34-20-10-8-17(13-29-20)19-9-7-18(14-28-19)21-30-22(24(25,26)27)32(31-21)16-33-11-12-35(4,5)6;1-14(2,3)11-19-13-9-8-12(10-18-13)17-20-15(4,5)16(6,7)21-17;1-24(2,3)7-6-23-9-22-13(14(16,17)18)20-12(21-22)10-4-5-11(15)19-8-10;2*2-1-3/h7-10,13-14H,11-12,15-16H2,1-6H3;8-10H,11H2,1-7H3;4-5,8H,6-7,9H2,1-3H3;;. The molecule has 30 heteroatoms. The van der Waals surface area contributed by atoms with Gasteiger partial charge in [-0.25, -0.2) is 34.3 Å². The molecule has 470 valence electrons. The second kappa shape index (κ2) is 31.4. The Hall–Kier alpha value is -6.55. The van der Waals surface area contributed by atoms with E-state index in [0.29, 0.717) is 55.0 Å². The van der Waals surface area contributed by atoms with Gasteiger partial charge in [-0.1, -0.05) is 98.5 Å². The molecule has 86 heavy (non-hydrogen) atoms. The molecule has 1 saturated heterocycles. The fraction of sp³-hybridized carbons (Fsp3) is 0.536. The SMILES string of the molecule is CC(C)(C)COc1ccc(-c2ccc(-c3nc(C(F)(F)F)n(COCC[Si](C)(C)C)n3)cn2)cn1.CC(C)(C)COc1ccc(B2OC(C)(C)C(C)(C)O2)cn1.C[Si](C)(C)CCOCn1nc(-c2ccc(Cl)nc2)nc1C(F)(F)F.O=C=O.O=C=O. The average molecular weight is 1270 g/mol. The fourth-order valence-electron chi connectivity index (χ4n) is 6.59. The van der Waals surface area contributed by atoms with Crippen molar-refractivity contribution in [3.05, 3.63) is 90.1 Å². The number of nitrogens with zero attached hydrogens (tertiary/aromatic N) is 10. The van der Waals surface area contributed by atoms with Crippen molar-refractivity contribution in [3.63, 3.8) is 0 Å². The smallest absolute Gasteiger partial charge is 0.477 e. The molecule has 0 saturated carbocycles. The van der Waals surface area contributed by atoms with Crippen LogP contribution in [0.1, 0.15) is 80.9 Å². The topological polar surface area (TPSA) is 237 Å². The van der Waals surface area contributed by atoms with E-state index in [9.17, 15) is 26.3 Å². The monoisotopic (exact) mass is 1260 g/mol. The summed E-state index contributed by atoms with van der Waals surface area (Å²) in [6, 6.07) is 15.4. The molecule has 1 fully saturated rings. The first-order valence-electron chi connectivity index (χ1n) is 26.9. The number of halogens is 7. The molecule has 6 aromatic heterocycles. The van der Waals surface area contributed by atoms with E-state index in [-0.39, 0.29) is 71.7 Å². The minimum Gasteiger partial charge on any atom is -0.477 e. The third kappa shape index (κ3) is 25.8. The van der Waals surface area contributed by atoms with Gasteiger partial charge in [0.15, 0.2) is 11.6 Å². The maximum absolute atomic E-state index is 13.5. The number of carbonyl (C=O) groups excluding carboxylic acids is 4. The summed E-state index contributed by atoms with van der Waals surface area (Å²) < 4.78 is 116. The minimum absolute atomic E-state index is 0.0187. The maximum atomic E-state index is 13.5. The number of aromatic nitrogens is 10. The molecule has 0 N–H and O–H groups in total. The van der Waals surface area contributed by atoms with E-state index >= 15 is 0 Å². The number of rotatable bonds is 18. The molecule has 0 bridgehead atoms. The van der Waals surface area contributed by atoms with Crippen molar-refractivity contribution in [1.82, 2.24) is 49.5 Å². The van der Waals surface area contributed by atoms with Crippen molar-refractivity contribution in [2.24, 2.45) is 10.8 Å². The first-order valence-corrected chi connectivity index (χ1v) is 34.7. The van der Waals surface area contributed by atoms with E-state index in [2.05, 4.69) is 121 Å². The molecule has 0 aliphatic carbocycles. The molecular weight excluding hydrogens is 1190 g/mol. The van der Waals surface area contributed by atoms with Gasteiger partial charge in [0.25, 0.3) is 0 Å². The summed E-state index contributed by atoms with van der Waals surface area (Å²) in [6.45, 7) is 35.1. The van der Waals surface area contributed by atoms with E-state index in [1.807, 2.05) is 45.9 Å². The van der Waals surface area contributed by atoms with Crippen molar-refractivity contribution < 1.29 is 73.8 Å². The van der Waals surface area contributed by atoms with Crippen LogP contribution in [0, 0.1) is 10.8 Å². The molecule has 1 aliphatic rings. The van der Waals surface area contributed by atoms with Crippen molar-refractivity contribution in [3.8, 4) is 45.8 Å². The normalized spacial score (nSPS) is 13.9. The van der Waals surface area contributed by atoms with Gasteiger partial charge in [-0.15, -0.1) is 10.2 Å². The Kier molecular flexibility index (Phi) is 26.9. The molecule has 6 aromatic rings. The van der Waals surface area contributed by atoms with Crippen LogP contribution in [0.3, 0.4) is 0 Å². The Bertz CT molecular complexity index is 3070. The van der Waals surface area contributed by atoms with Gasteiger partial charge in [0.1, 0.15) is 18.6 Å². The molecule has 20 nitrogen and oxygen atoms in total. The highest BCUT2D eigenvalue weighted by molar-refractivity contribution is 6.76. The lowest BCUT2D eigenvalue weighted by molar-refractivity contribution is -0.193. The highest BCUT2D eigenvalue weighted by Gasteiger charge is 2.52. The third-order valence-corrected chi connectivity index (χ3v) is 15.5. The molecule has 0 aromatic carbocycles.